The molecule has 0 bridgehead atoms. The largest absolute Gasteiger partial charge is 0.493 e. The van der Waals surface area contributed by atoms with Crippen LogP contribution in [0.3, 0.4) is 0 Å². The van der Waals surface area contributed by atoms with Gasteiger partial charge in [0.05, 0.1) is 17.8 Å². The Hall–Kier alpha value is -4.97. The van der Waals surface area contributed by atoms with E-state index < -0.39 is 48.5 Å². The topological polar surface area (TPSA) is 126 Å². The Labute approximate surface area is 231 Å². The average Bonchev–Trinajstić information content (AvgIpc) is 3.17. The van der Waals surface area contributed by atoms with Crippen LogP contribution in [-0.2, 0) is 14.4 Å². The molecule has 5 amide bonds. The minimum atomic E-state index is -0.842. The van der Waals surface area contributed by atoms with E-state index in [0.29, 0.717) is 16.2 Å². The van der Waals surface area contributed by atoms with Crippen molar-refractivity contribution in [2.75, 3.05) is 30.9 Å². The number of hydrogen-bond acceptors (Lipinski definition) is 6. The summed E-state index contributed by atoms with van der Waals surface area (Å²) < 4.78 is 37.6. The highest BCUT2D eigenvalue weighted by molar-refractivity contribution is 6.32. The molecule has 0 aromatic heterocycles. The lowest BCUT2D eigenvalue weighted by Gasteiger charge is -2.14. The van der Waals surface area contributed by atoms with Crippen molar-refractivity contribution in [3.8, 4) is 11.5 Å². The number of hydrogen-bond donors (Lipinski definition) is 3. The van der Waals surface area contributed by atoms with E-state index in [1.807, 2.05) is 0 Å². The predicted molar refractivity (Wildman–Crippen MR) is 142 cm³/mol. The summed E-state index contributed by atoms with van der Waals surface area (Å²) in [5.41, 5.74) is 0.477. The number of nitrogens with zero attached hydrogens (tertiary/aromatic N) is 1. The maximum atomic E-state index is 13.8. The van der Waals surface area contributed by atoms with Gasteiger partial charge in [-0.1, -0.05) is 23.7 Å². The first-order valence-electron chi connectivity index (χ1n) is 11.6. The lowest BCUT2D eigenvalue weighted by Crippen LogP contribution is -2.38. The van der Waals surface area contributed by atoms with Crippen LogP contribution in [0.4, 0.5) is 25.0 Å². The fraction of sp³-hybridized carbons (Fsp3) is 0.111. The third kappa shape index (κ3) is 6.72. The fourth-order valence-electron chi connectivity index (χ4n) is 3.61. The number of imide groups is 1. The number of anilines is 2. The highest BCUT2D eigenvalue weighted by Gasteiger charge is 2.35. The molecule has 3 aromatic carbocycles. The van der Waals surface area contributed by atoms with Crippen LogP contribution >= 0.6 is 11.6 Å². The summed E-state index contributed by atoms with van der Waals surface area (Å²) in [6.45, 7) is -1.08. The predicted octanol–water partition coefficient (Wildman–Crippen LogP) is 4.18. The number of carbonyl (C=O) groups excluding carboxylic acids is 4. The highest BCUT2D eigenvalue weighted by Crippen LogP contribution is 2.37. The number of carbonyl (C=O) groups is 4. The first-order valence-corrected chi connectivity index (χ1v) is 12.0. The summed E-state index contributed by atoms with van der Waals surface area (Å²) in [7, 11) is 1.34. The second-order valence-corrected chi connectivity index (χ2v) is 8.69. The van der Waals surface area contributed by atoms with Crippen LogP contribution in [-0.4, -0.2) is 48.9 Å². The molecule has 0 unspecified atom stereocenters. The van der Waals surface area contributed by atoms with Crippen LogP contribution in [0, 0.1) is 11.6 Å². The first kappa shape index (κ1) is 28.0. The Bertz CT molecular complexity index is 1510. The van der Waals surface area contributed by atoms with Gasteiger partial charge in [0.15, 0.2) is 18.1 Å². The van der Waals surface area contributed by atoms with Gasteiger partial charge in [-0.25, -0.2) is 18.5 Å². The molecule has 3 aromatic rings. The summed E-state index contributed by atoms with van der Waals surface area (Å²) in [5, 5.41) is 7.27. The number of methoxy groups -OCH3 is 1. The van der Waals surface area contributed by atoms with Gasteiger partial charge in [0, 0.05) is 5.69 Å². The van der Waals surface area contributed by atoms with Crippen LogP contribution < -0.4 is 25.4 Å². The van der Waals surface area contributed by atoms with Crippen molar-refractivity contribution >= 4 is 52.8 Å². The third-order valence-electron chi connectivity index (χ3n) is 5.45. The van der Waals surface area contributed by atoms with Crippen molar-refractivity contribution in [3.05, 3.63) is 88.6 Å². The van der Waals surface area contributed by atoms with Crippen molar-refractivity contribution in [3.63, 3.8) is 0 Å². The van der Waals surface area contributed by atoms with E-state index >= 15 is 0 Å². The monoisotopic (exact) mass is 570 g/mol. The van der Waals surface area contributed by atoms with E-state index in [4.69, 9.17) is 21.1 Å². The van der Waals surface area contributed by atoms with Gasteiger partial charge in [0.1, 0.15) is 23.9 Å². The summed E-state index contributed by atoms with van der Waals surface area (Å²) in [4.78, 5) is 50.3. The van der Waals surface area contributed by atoms with Crippen LogP contribution in [0.25, 0.3) is 6.08 Å². The normalized spacial score (nSPS) is 13.7. The molecule has 4 rings (SSSR count). The quantitative estimate of drug-likeness (QED) is 0.262. The molecule has 13 heteroatoms. The minimum absolute atomic E-state index is 0.0404. The highest BCUT2D eigenvalue weighted by atomic mass is 35.5. The minimum Gasteiger partial charge on any atom is -0.493 e. The van der Waals surface area contributed by atoms with Gasteiger partial charge in [-0.05, 0) is 60.2 Å². The van der Waals surface area contributed by atoms with Crippen LogP contribution in [0.5, 0.6) is 11.5 Å². The third-order valence-corrected chi connectivity index (χ3v) is 5.73. The second-order valence-electron chi connectivity index (χ2n) is 8.29. The van der Waals surface area contributed by atoms with Crippen LogP contribution in [0.1, 0.15) is 5.56 Å². The molecule has 3 N–H and O–H groups in total. The molecule has 1 aliphatic rings. The fourth-order valence-corrected chi connectivity index (χ4v) is 3.88. The zero-order valence-electron chi connectivity index (χ0n) is 20.8. The number of ether oxygens (including phenoxy) is 2. The lowest BCUT2D eigenvalue weighted by atomic mass is 10.1. The van der Waals surface area contributed by atoms with Crippen molar-refractivity contribution in [2.45, 2.75) is 0 Å². The van der Waals surface area contributed by atoms with Gasteiger partial charge in [-0.3, -0.25) is 14.4 Å². The van der Waals surface area contributed by atoms with E-state index in [9.17, 15) is 28.0 Å². The molecule has 0 radical (unpaired) electrons. The van der Waals surface area contributed by atoms with Gasteiger partial charge >= 0.3 is 6.03 Å². The summed E-state index contributed by atoms with van der Waals surface area (Å²) in [5.74, 6) is -3.03. The molecular formula is C27H21ClF2N4O6. The molecule has 1 aliphatic heterocycles. The van der Waals surface area contributed by atoms with Crippen molar-refractivity contribution in [2.24, 2.45) is 0 Å². The Morgan fingerprint density at radius 2 is 1.75 bits per heavy atom. The Morgan fingerprint density at radius 1 is 1.02 bits per heavy atom. The second kappa shape index (κ2) is 12.3. The summed E-state index contributed by atoms with van der Waals surface area (Å²) >= 11 is 6.34. The first-order chi connectivity index (χ1) is 19.1. The Kier molecular flexibility index (Phi) is 8.60. The summed E-state index contributed by atoms with van der Waals surface area (Å²) in [6.07, 6.45) is 1.31. The SMILES string of the molecule is COc1cc(/C=C2/NC(=O)N(CC(=O)Nc3ccccc3F)C2=O)cc(Cl)c1OCC(=O)Nc1ccc(F)cc1. The molecule has 0 spiro atoms. The standard InChI is InChI=1S/C27H21ClF2N4O6/c1-39-22-12-15(10-18(28)25(22)40-14-24(36)31-17-8-6-16(29)7-9-17)11-21-26(37)34(27(38)33-21)13-23(35)32-20-5-3-2-4-19(20)30/h2-12H,13-14H2,1H3,(H,31,36)(H,32,35)(H,33,38)/b21-11+. The molecule has 0 aliphatic carbocycles. The number of amides is 5. The van der Waals surface area contributed by atoms with Crippen LogP contribution in [0.2, 0.25) is 5.02 Å². The van der Waals surface area contributed by atoms with E-state index in [2.05, 4.69) is 16.0 Å². The lowest BCUT2D eigenvalue weighted by molar-refractivity contribution is -0.127. The summed E-state index contributed by atoms with van der Waals surface area (Å²) in [6, 6.07) is 12.7. The van der Waals surface area contributed by atoms with E-state index in [1.165, 1.54) is 67.8 Å². The Morgan fingerprint density at radius 3 is 2.45 bits per heavy atom. The van der Waals surface area contributed by atoms with Crippen molar-refractivity contribution in [1.82, 2.24) is 10.2 Å². The molecule has 10 nitrogen and oxygen atoms in total. The van der Waals surface area contributed by atoms with Gasteiger partial charge in [0.2, 0.25) is 5.91 Å². The van der Waals surface area contributed by atoms with E-state index in [1.54, 1.807) is 0 Å². The van der Waals surface area contributed by atoms with E-state index in [0.717, 1.165) is 6.07 Å². The van der Waals surface area contributed by atoms with Crippen LogP contribution in [0.15, 0.2) is 66.4 Å². The smallest absolute Gasteiger partial charge is 0.329 e. The molecular weight excluding hydrogens is 550 g/mol. The molecule has 0 saturated carbocycles. The van der Waals surface area contributed by atoms with Crippen molar-refractivity contribution in [1.29, 1.82) is 0 Å². The number of para-hydroxylation sites is 1. The molecule has 1 fully saturated rings. The molecule has 1 saturated heterocycles. The Balaban J connectivity index is 1.42. The van der Waals surface area contributed by atoms with Gasteiger partial charge in [-0.2, -0.15) is 0 Å². The number of urea groups is 1. The van der Waals surface area contributed by atoms with Crippen molar-refractivity contribution < 1.29 is 37.4 Å². The number of rotatable bonds is 9. The molecule has 1 heterocycles. The number of benzene rings is 3. The number of halogens is 3. The molecule has 40 heavy (non-hydrogen) atoms. The average molecular weight is 571 g/mol. The van der Waals surface area contributed by atoms with Gasteiger partial charge in [0.25, 0.3) is 11.8 Å². The molecule has 206 valence electrons. The zero-order chi connectivity index (χ0) is 28.8. The van der Waals surface area contributed by atoms with Gasteiger partial charge < -0.3 is 25.4 Å². The number of nitrogens with one attached hydrogen (secondary N) is 3. The van der Waals surface area contributed by atoms with E-state index in [-0.39, 0.29) is 27.9 Å². The molecule has 0 atom stereocenters. The zero-order valence-corrected chi connectivity index (χ0v) is 21.6. The van der Waals surface area contributed by atoms with Gasteiger partial charge in [-0.15, -0.1) is 0 Å². The maximum Gasteiger partial charge on any atom is 0.329 e. The maximum absolute atomic E-state index is 13.8.